The van der Waals surface area contributed by atoms with E-state index >= 15 is 0 Å². The summed E-state index contributed by atoms with van der Waals surface area (Å²) in [6.45, 7) is 0.0376. The summed E-state index contributed by atoms with van der Waals surface area (Å²) in [5.74, 6) is 0.627. The van der Waals surface area contributed by atoms with Crippen molar-refractivity contribution in [2.24, 2.45) is 0 Å². The molecule has 0 aliphatic carbocycles. The maximum absolute atomic E-state index is 12.7. The Bertz CT molecular complexity index is 1190. The molecular formula is C19H18ClN3O3S2. The number of para-hydroxylation sites is 1. The molecule has 9 heteroatoms. The minimum atomic E-state index is -3.59. The van der Waals surface area contributed by atoms with Crippen LogP contribution >= 0.6 is 23.4 Å². The van der Waals surface area contributed by atoms with Gasteiger partial charge in [-0.15, -0.1) is 11.8 Å². The molecule has 2 heterocycles. The van der Waals surface area contributed by atoms with Gasteiger partial charge in [0.25, 0.3) is 5.56 Å². The Hall–Kier alpha value is -1.87. The van der Waals surface area contributed by atoms with Gasteiger partial charge in [0.1, 0.15) is 0 Å². The fourth-order valence-corrected chi connectivity index (χ4v) is 5.77. The van der Waals surface area contributed by atoms with Crippen LogP contribution in [0, 0.1) is 0 Å². The van der Waals surface area contributed by atoms with Gasteiger partial charge in [-0.05, 0) is 48.1 Å². The van der Waals surface area contributed by atoms with Crippen LogP contribution in [-0.4, -0.2) is 29.5 Å². The quantitative estimate of drug-likeness (QED) is 0.665. The standard InChI is InChI=1S/C19H18ClN3O3S2/c20-13-5-6-18-15(11-13)17(7-9-27-18)22-28(25,26)10-8-23-12-21-16-4-2-1-3-14(16)19(23)24/h1-6,11-12,17,22H,7-10H2. The van der Waals surface area contributed by atoms with E-state index in [1.54, 1.807) is 36.0 Å². The van der Waals surface area contributed by atoms with E-state index in [1.165, 1.54) is 10.9 Å². The summed E-state index contributed by atoms with van der Waals surface area (Å²) in [5, 5.41) is 1.06. The number of aryl methyl sites for hydroxylation is 1. The number of benzene rings is 2. The van der Waals surface area contributed by atoms with Gasteiger partial charge in [0.05, 0.1) is 23.0 Å². The number of thioether (sulfide) groups is 1. The molecule has 1 aliphatic rings. The zero-order valence-electron chi connectivity index (χ0n) is 14.8. The van der Waals surface area contributed by atoms with E-state index < -0.39 is 10.0 Å². The van der Waals surface area contributed by atoms with Crippen molar-refractivity contribution in [2.75, 3.05) is 11.5 Å². The van der Waals surface area contributed by atoms with E-state index in [0.29, 0.717) is 22.3 Å². The summed E-state index contributed by atoms with van der Waals surface area (Å²) in [4.78, 5) is 17.8. The number of aromatic nitrogens is 2. The molecule has 0 saturated heterocycles. The highest BCUT2D eigenvalue weighted by Crippen LogP contribution is 2.37. The first-order valence-electron chi connectivity index (χ1n) is 8.79. The Labute approximate surface area is 172 Å². The fraction of sp³-hybridized carbons (Fsp3) is 0.263. The van der Waals surface area contributed by atoms with Crippen LogP contribution in [0.1, 0.15) is 18.0 Å². The summed E-state index contributed by atoms with van der Waals surface area (Å²) in [7, 11) is -3.59. The molecule has 0 spiro atoms. The van der Waals surface area contributed by atoms with Gasteiger partial charge in [0.15, 0.2) is 0 Å². The van der Waals surface area contributed by atoms with Crippen LogP contribution in [0.15, 0.2) is 58.5 Å². The SMILES string of the molecule is O=c1c2ccccc2ncn1CCS(=O)(=O)NC1CCSc2ccc(Cl)cc21. The van der Waals surface area contributed by atoms with Crippen LogP contribution in [0.2, 0.25) is 5.02 Å². The third-order valence-electron chi connectivity index (χ3n) is 4.67. The Morgan fingerprint density at radius 3 is 2.93 bits per heavy atom. The topological polar surface area (TPSA) is 81.1 Å². The molecule has 0 saturated carbocycles. The molecule has 1 atom stereocenters. The molecule has 28 heavy (non-hydrogen) atoms. The molecular weight excluding hydrogens is 418 g/mol. The van der Waals surface area contributed by atoms with Crippen LogP contribution in [0.5, 0.6) is 0 Å². The molecule has 6 nitrogen and oxygen atoms in total. The number of hydrogen-bond donors (Lipinski definition) is 1. The summed E-state index contributed by atoms with van der Waals surface area (Å²) >= 11 is 7.78. The minimum Gasteiger partial charge on any atom is -0.298 e. The second-order valence-electron chi connectivity index (χ2n) is 6.57. The maximum atomic E-state index is 12.7. The lowest BCUT2D eigenvalue weighted by Crippen LogP contribution is -2.35. The molecule has 3 aromatic rings. The van der Waals surface area contributed by atoms with Crippen molar-refractivity contribution in [3.05, 3.63) is 69.7 Å². The molecule has 0 radical (unpaired) electrons. The van der Waals surface area contributed by atoms with E-state index in [9.17, 15) is 13.2 Å². The van der Waals surface area contributed by atoms with Crippen molar-refractivity contribution in [1.29, 1.82) is 0 Å². The van der Waals surface area contributed by atoms with Crippen molar-refractivity contribution in [3.63, 3.8) is 0 Å². The first-order chi connectivity index (χ1) is 13.4. The number of nitrogens with zero attached hydrogens (tertiary/aromatic N) is 2. The number of halogens is 1. The number of nitrogens with one attached hydrogen (secondary N) is 1. The zero-order chi connectivity index (χ0) is 19.7. The highest BCUT2D eigenvalue weighted by molar-refractivity contribution is 7.99. The van der Waals surface area contributed by atoms with Crippen molar-refractivity contribution >= 4 is 44.3 Å². The van der Waals surface area contributed by atoms with E-state index in [2.05, 4.69) is 9.71 Å². The van der Waals surface area contributed by atoms with Crippen LogP contribution in [-0.2, 0) is 16.6 Å². The Morgan fingerprint density at radius 1 is 1.25 bits per heavy atom. The molecule has 0 bridgehead atoms. The van der Waals surface area contributed by atoms with Crippen molar-refractivity contribution in [1.82, 2.24) is 14.3 Å². The lowest BCUT2D eigenvalue weighted by atomic mass is 10.1. The third kappa shape index (κ3) is 4.10. The van der Waals surface area contributed by atoms with Gasteiger partial charge in [-0.25, -0.2) is 18.1 Å². The predicted molar refractivity (Wildman–Crippen MR) is 112 cm³/mol. The highest BCUT2D eigenvalue weighted by Gasteiger charge is 2.25. The average molecular weight is 436 g/mol. The minimum absolute atomic E-state index is 0.0376. The molecule has 146 valence electrons. The molecule has 1 aromatic heterocycles. The molecule has 0 fully saturated rings. The van der Waals surface area contributed by atoms with Crippen LogP contribution in [0.4, 0.5) is 0 Å². The van der Waals surface area contributed by atoms with Gasteiger partial charge in [0.2, 0.25) is 10.0 Å². The molecule has 2 aromatic carbocycles. The number of hydrogen-bond acceptors (Lipinski definition) is 5. The van der Waals surface area contributed by atoms with Crippen molar-refractivity contribution in [2.45, 2.75) is 23.9 Å². The first-order valence-corrected chi connectivity index (χ1v) is 11.8. The van der Waals surface area contributed by atoms with Crippen molar-refractivity contribution in [3.8, 4) is 0 Å². The van der Waals surface area contributed by atoms with Crippen LogP contribution in [0.25, 0.3) is 10.9 Å². The number of sulfonamides is 1. The summed E-state index contributed by atoms with van der Waals surface area (Å²) in [6, 6.07) is 12.2. The van der Waals surface area contributed by atoms with Crippen LogP contribution in [0.3, 0.4) is 0 Å². The van der Waals surface area contributed by atoms with Gasteiger partial charge < -0.3 is 0 Å². The smallest absolute Gasteiger partial charge is 0.261 e. The monoisotopic (exact) mass is 435 g/mol. The van der Waals surface area contributed by atoms with Crippen molar-refractivity contribution < 1.29 is 8.42 Å². The predicted octanol–water partition coefficient (Wildman–Crippen LogP) is 3.21. The Kier molecular flexibility index (Phi) is 5.46. The summed E-state index contributed by atoms with van der Waals surface area (Å²) < 4.78 is 29.4. The molecule has 1 aliphatic heterocycles. The number of fused-ring (bicyclic) bond motifs is 2. The Morgan fingerprint density at radius 2 is 2.07 bits per heavy atom. The van der Waals surface area contributed by atoms with Gasteiger partial charge in [-0.1, -0.05) is 23.7 Å². The largest absolute Gasteiger partial charge is 0.298 e. The number of rotatable bonds is 5. The van der Waals surface area contributed by atoms with Gasteiger partial charge in [-0.3, -0.25) is 9.36 Å². The second-order valence-corrected chi connectivity index (χ2v) is 10.0. The average Bonchev–Trinajstić information content (AvgIpc) is 2.68. The van der Waals surface area contributed by atoms with Crippen LogP contribution < -0.4 is 10.3 Å². The second kappa shape index (κ2) is 7.87. The molecule has 4 rings (SSSR count). The fourth-order valence-electron chi connectivity index (χ4n) is 3.25. The lowest BCUT2D eigenvalue weighted by Gasteiger charge is -2.26. The lowest BCUT2D eigenvalue weighted by molar-refractivity contribution is 0.540. The Balaban J connectivity index is 1.51. The molecule has 1 unspecified atom stereocenters. The van der Waals surface area contributed by atoms with Gasteiger partial charge in [-0.2, -0.15) is 0 Å². The third-order valence-corrected chi connectivity index (χ3v) is 7.39. The van der Waals surface area contributed by atoms with E-state index in [1.807, 2.05) is 18.2 Å². The van der Waals surface area contributed by atoms with Gasteiger partial charge in [0, 0.05) is 22.5 Å². The van der Waals surface area contributed by atoms with E-state index in [-0.39, 0.29) is 23.9 Å². The highest BCUT2D eigenvalue weighted by atomic mass is 35.5. The molecule has 1 N–H and O–H groups in total. The maximum Gasteiger partial charge on any atom is 0.261 e. The summed E-state index contributed by atoms with van der Waals surface area (Å²) in [5.41, 5.74) is 1.25. The summed E-state index contributed by atoms with van der Waals surface area (Å²) in [6.07, 6.45) is 2.08. The molecule has 0 amide bonds. The van der Waals surface area contributed by atoms with E-state index in [0.717, 1.165) is 16.2 Å². The zero-order valence-corrected chi connectivity index (χ0v) is 17.2. The van der Waals surface area contributed by atoms with Gasteiger partial charge >= 0.3 is 0 Å². The normalized spacial score (nSPS) is 16.8. The van der Waals surface area contributed by atoms with E-state index in [4.69, 9.17) is 11.6 Å². The first kappa shape index (κ1) is 19.4.